The van der Waals surface area contributed by atoms with E-state index in [4.69, 9.17) is 0 Å². The molecule has 0 radical (unpaired) electrons. The lowest BCUT2D eigenvalue weighted by Gasteiger charge is -2.22. The lowest BCUT2D eigenvalue weighted by atomic mass is 10.2. The zero-order valence-corrected chi connectivity index (χ0v) is 12.7. The fourth-order valence-corrected chi connectivity index (χ4v) is 3.67. The predicted octanol–water partition coefficient (Wildman–Crippen LogP) is 3.80. The Kier molecular flexibility index (Phi) is 4.49. The van der Waals surface area contributed by atoms with Crippen LogP contribution in [0, 0.1) is 11.6 Å². The van der Waals surface area contributed by atoms with Gasteiger partial charge < -0.3 is 5.32 Å². The van der Waals surface area contributed by atoms with Crippen LogP contribution in [0.1, 0.15) is 23.8 Å². The number of anilines is 1. The highest BCUT2D eigenvalue weighted by Crippen LogP contribution is 2.34. The second kappa shape index (κ2) is 6.54. The van der Waals surface area contributed by atoms with Crippen molar-refractivity contribution >= 4 is 22.9 Å². The van der Waals surface area contributed by atoms with Crippen LogP contribution in [0.2, 0.25) is 0 Å². The molecule has 2 aromatic rings. The molecule has 1 aliphatic rings. The largest absolute Gasteiger partial charge is 0.325 e. The Morgan fingerprint density at radius 2 is 2.18 bits per heavy atom. The molecule has 0 spiro atoms. The second-order valence-corrected chi connectivity index (χ2v) is 6.30. The molecular formula is C16H16F2N2OS. The Morgan fingerprint density at radius 1 is 1.32 bits per heavy atom. The maximum absolute atomic E-state index is 13.1. The fourth-order valence-electron chi connectivity index (χ4n) is 2.78. The van der Waals surface area contributed by atoms with Gasteiger partial charge in [-0.2, -0.15) is 0 Å². The first-order valence-corrected chi connectivity index (χ1v) is 8.04. The van der Waals surface area contributed by atoms with E-state index in [9.17, 15) is 13.6 Å². The van der Waals surface area contributed by atoms with Crippen LogP contribution in [0.15, 0.2) is 35.7 Å². The average Bonchev–Trinajstić information content (AvgIpc) is 3.13. The van der Waals surface area contributed by atoms with Crippen molar-refractivity contribution in [2.24, 2.45) is 0 Å². The van der Waals surface area contributed by atoms with Crippen molar-refractivity contribution in [3.63, 3.8) is 0 Å². The molecule has 2 heterocycles. The number of likely N-dealkylation sites (tertiary alicyclic amines) is 1. The highest BCUT2D eigenvalue weighted by Gasteiger charge is 2.28. The number of nitrogens with zero attached hydrogens (tertiary/aromatic N) is 1. The lowest BCUT2D eigenvalue weighted by Crippen LogP contribution is -2.32. The van der Waals surface area contributed by atoms with Gasteiger partial charge in [0.1, 0.15) is 0 Å². The summed E-state index contributed by atoms with van der Waals surface area (Å²) in [5.74, 6) is -2.10. The molecule has 1 aromatic heterocycles. The number of hydrogen-bond acceptors (Lipinski definition) is 3. The molecule has 3 nitrogen and oxygen atoms in total. The van der Waals surface area contributed by atoms with Crippen LogP contribution in [0.5, 0.6) is 0 Å². The van der Waals surface area contributed by atoms with Crippen LogP contribution in [0.4, 0.5) is 14.5 Å². The molecule has 0 bridgehead atoms. The molecule has 0 saturated carbocycles. The SMILES string of the molecule is O=C(CN1CCC[C@@H]1c1cccs1)Nc1ccc(F)c(F)c1. The highest BCUT2D eigenvalue weighted by molar-refractivity contribution is 7.10. The maximum atomic E-state index is 13.1. The van der Waals surface area contributed by atoms with Gasteiger partial charge in [0.25, 0.3) is 0 Å². The first-order valence-electron chi connectivity index (χ1n) is 7.16. The quantitative estimate of drug-likeness (QED) is 0.928. The van der Waals surface area contributed by atoms with Crippen molar-refractivity contribution in [3.05, 3.63) is 52.2 Å². The summed E-state index contributed by atoms with van der Waals surface area (Å²) in [7, 11) is 0. The van der Waals surface area contributed by atoms with E-state index in [1.807, 2.05) is 11.4 Å². The third kappa shape index (κ3) is 3.34. The third-order valence-electron chi connectivity index (χ3n) is 3.79. The van der Waals surface area contributed by atoms with Crippen molar-refractivity contribution in [2.45, 2.75) is 18.9 Å². The molecule has 1 saturated heterocycles. The van der Waals surface area contributed by atoms with E-state index in [1.165, 1.54) is 10.9 Å². The van der Waals surface area contributed by atoms with Gasteiger partial charge in [0, 0.05) is 22.7 Å². The summed E-state index contributed by atoms with van der Waals surface area (Å²) >= 11 is 1.69. The molecule has 1 atom stereocenters. The molecule has 0 unspecified atom stereocenters. The molecule has 22 heavy (non-hydrogen) atoms. The van der Waals surface area contributed by atoms with Crippen LogP contribution in [0.3, 0.4) is 0 Å². The van der Waals surface area contributed by atoms with Crippen molar-refractivity contribution in [1.29, 1.82) is 0 Å². The molecule has 1 aliphatic heterocycles. The Balaban J connectivity index is 1.62. The summed E-state index contributed by atoms with van der Waals surface area (Å²) in [5.41, 5.74) is 0.274. The summed E-state index contributed by atoms with van der Waals surface area (Å²) in [5, 5.41) is 4.65. The Hall–Kier alpha value is -1.79. The van der Waals surface area contributed by atoms with Gasteiger partial charge in [0.05, 0.1) is 6.54 Å². The third-order valence-corrected chi connectivity index (χ3v) is 4.76. The minimum Gasteiger partial charge on any atom is -0.325 e. The van der Waals surface area contributed by atoms with Gasteiger partial charge in [-0.1, -0.05) is 6.07 Å². The van der Waals surface area contributed by atoms with Crippen LogP contribution < -0.4 is 5.32 Å². The number of carbonyl (C=O) groups excluding carboxylic acids is 1. The van der Waals surface area contributed by atoms with Gasteiger partial charge in [0.15, 0.2) is 11.6 Å². The number of hydrogen-bond donors (Lipinski definition) is 1. The van der Waals surface area contributed by atoms with E-state index < -0.39 is 11.6 Å². The number of nitrogens with one attached hydrogen (secondary N) is 1. The Labute approximate surface area is 131 Å². The molecule has 1 amide bonds. The Bertz CT molecular complexity index is 660. The predicted molar refractivity (Wildman–Crippen MR) is 82.9 cm³/mol. The number of benzene rings is 1. The number of thiophene rings is 1. The van der Waals surface area contributed by atoms with Gasteiger partial charge in [-0.15, -0.1) is 11.3 Å². The van der Waals surface area contributed by atoms with E-state index in [0.29, 0.717) is 0 Å². The standard InChI is InChI=1S/C16H16F2N2OS/c17-12-6-5-11(9-13(12)18)19-16(21)10-20-7-1-3-14(20)15-4-2-8-22-15/h2,4-6,8-9,14H,1,3,7,10H2,(H,19,21)/t14-/m1/s1. The van der Waals surface area contributed by atoms with E-state index in [-0.39, 0.29) is 24.2 Å². The van der Waals surface area contributed by atoms with Crippen molar-refractivity contribution < 1.29 is 13.6 Å². The first kappa shape index (κ1) is 15.1. The van der Waals surface area contributed by atoms with E-state index in [0.717, 1.165) is 31.5 Å². The molecule has 1 N–H and O–H groups in total. The molecule has 3 rings (SSSR count). The number of carbonyl (C=O) groups is 1. The minimum atomic E-state index is -0.963. The first-order chi connectivity index (χ1) is 10.6. The van der Waals surface area contributed by atoms with Gasteiger partial charge in [0.2, 0.25) is 5.91 Å². The Morgan fingerprint density at radius 3 is 2.91 bits per heavy atom. The van der Waals surface area contributed by atoms with E-state index >= 15 is 0 Å². The van der Waals surface area contributed by atoms with Crippen molar-refractivity contribution in [2.75, 3.05) is 18.4 Å². The van der Waals surface area contributed by atoms with E-state index in [2.05, 4.69) is 16.3 Å². The average molecular weight is 322 g/mol. The molecular weight excluding hydrogens is 306 g/mol. The zero-order chi connectivity index (χ0) is 15.5. The van der Waals surface area contributed by atoms with E-state index in [1.54, 1.807) is 11.3 Å². The van der Waals surface area contributed by atoms with Crippen LogP contribution in [0.25, 0.3) is 0 Å². The van der Waals surface area contributed by atoms with Crippen LogP contribution in [-0.4, -0.2) is 23.9 Å². The molecule has 116 valence electrons. The second-order valence-electron chi connectivity index (χ2n) is 5.32. The normalized spacial score (nSPS) is 18.5. The van der Waals surface area contributed by atoms with Gasteiger partial charge in [-0.25, -0.2) is 8.78 Å². The molecule has 1 fully saturated rings. The number of rotatable bonds is 4. The number of halogens is 2. The molecule has 0 aliphatic carbocycles. The van der Waals surface area contributed by atoms with Gasteiger partial charge in [-0.05, 0) is 43.0 Å². The summed E-state index contributed by atoms with van der Waals surface area (Å²) in [6.07, 6.45) is 2.10. The number of amides is 1. The highest BCUT2D eigenvalue weighted by atomic mass is 32.1. The minimum absolute atomic E-state index is 0.213. The topological polar surface area (TPSA) is 32.3 Å². The smallest absolute Gasteiger partial charge is 0.238 e. The van der Waals surface area contributed by atoms with Crippen molar-refractivity contribution in [3.8, 4) is 0 Å². The monoisotopic (exact) mass is 322 g/mol. The molecule has 1 aromatic carbocycles. The van der Waals surface area contributed by atoms with Crippen LogP contribution in [-0.2, 0) is 4.79 Å². The maximum Gasteiger partial charge on any atom is 0.238 e. The van der Waals surface area contributed by atoms with Gasteiger partial charge >= 0.3 is 0 Å². The summed E-state index contributed by atoms with van der Waals surface area (Å²) in [6.45, 7) is 1.12. The summed E-state index contributed by atoms with van der Waals surface area (Å²) < 4.78 is 26.0. The van der Waals surface area contributed by atoms with Crippen molar-refractivity contribution in [1.82, 2.24) is 4.90 Å². The summed E-state index contributed by atoms with van der Waals surface area (Å²) in [4.78, 5) is 15.5. The van der Waals surface area contributed by atoms with Crippen LogP contribution >= 0.6 is 11.3 Å². The molecule has 6 heteroatoms. The lowest BCUT2D eigenvalue weighted by molar-refractivity contribution is -0.117. The zero-order valence-electron chi connectivity index (χ0n) is 11.9. The fraction of sp³-hybridized carbons (Fsp3) is 0.312. The van der Waals surface area contributed by atoms with Gasteiger partial charge in [-0.3, -0.25) is 9.69 Å². The summed E-state index contributed by atoms with van der Waals surface area (Å²) in [6, 6.07) is 7.73.